The Balaban J connectivity index is 1.49. The summed E-state index contributed by atoms with van der Waals surface area (Å²) in [6.45, 7) is 4.24. The zero-order chi connectivity index (χ0) is 24.5. The molecule has 0 bridgehead atoms. The van der Waals surface area contributed by atoms with Crippen molar-refractivity contribution < 1.29 is 13.6 Å². The minimum absolute atomic E-state index is 0.0650. The Hall–Kier alpha value is -3.47. The number of alkyl halides is 2. The highest BCUT2D eigenvalue weighted by molar-refractivity contribution is 7.22. The van der Waals surface area contributed by atoms with Gasteiger partial charge in [-0.2, -0.15) is 0 Å². The minimum Gasteiger partial charge on any atom is -0.348 e. The lowest BCUT2D eigenvalue weighted by molar-refractivity contribution is -0.0220. The molecule has 0 radical (unpaired) electrons. The van der Waals surface area contributed by atoms with Crippen molar-refractivity contribution >= 4 is 50.6 Å². The van der Waals surface area contributed by atoms with Crippen molar-refractivity contribution in [3.05, 3.63) is 47.7 Å². The van der Waals surface area contributed by atoms with Gasteiger partial charge < -0.3 is 15.1 Å². The van der Waals surface area contributed by atoms with Crippen LogP contribution in [0, 0.1) is 10.8 Å². The van der Waals surface area contributed by atoms with E-state index in [4.69, 9.17) is 10.8 Å². The number of nitrogens with one attached hydrogen (secondary N) is 3. The van der Waals surface area contributed by atoms with Crippen molar-refractivity contribution in [3.63, 3.8) is 0 Å². The predicted molar refractivity (Wildman–Crippen MR) is 131 cm³/mol. The lowest BCUT2D eigenvalue weighted by Gasteiger charge is -2.31. The normalized spacial score (nSPS) is 15.4. The molecule has 3 N–H and O–H groups in total. The molecule has 2 aromatic heterocycles. The highest BCUT2D eigenvalue weighted by Crippen LogP contribution is 2.35. The molecular formula is C23H25F2N7OS. The molecule has 1 aliphatic heterocycles. The molecule has 0 spiro atoms. The van der Waals surface area contributed by atoms with E-state index in [1.807, 2.05) is 18.7 Å². The van der Waals surface area contributed by atoms with Gasteiger partial charge in [0.05, 0.1) is 16.6 Å². The number of amidine groups is 1. The lowest BCUT2D eigenvalue weighted by atomic mass is 10.1. The summed E-state index contributed by atoms with van der Waals surface area (Å²) in [7, 11) is 0. The van der Waals surface area contributed by atoms with Gasteiger partial charge in [-0.25, -0.2) is 18.7 Å². The third-order valence-corrected chi connectivity index (χ3v) is 6.67. The molecule has 3 aromatic rings. The Bertz CT molecular complexity index is 1230. The summed E-state index contributed by atoms with van der Waals surface area (Å²) in [6, 6.07) is 10.0. The van der Waals surface area contributed by atoms with Gasteiger partial charge in [-0.1, -0.05) is 17.4 Å². The zero-order valence-electron chi connectivity index (χ0n) is 18.8. The fourth-order valence-electron chi connectivity index (χ4n) is 3.64. The maximum atomic E-state index is 13.5. The summed E-state index contributed by atoms with van der Waals surface area (Å²) in [5, 5.41) is 19.3. The van der Waals surface area contributed by atoms with Crippen LogP contribution >= 0.6 is 11.3 Å². The van der Waals surface area contributed by atoms with E-state index < -0.39 is 5.92 Å². The zero-order valence-corrected chi connectivity index (χ0v) is 19.6. The van der Waals surface area contributed by atoms with Gasteiger partial charge in [0.2, 0.25) is 0 Å². The van der Waals surface area contributed by atoms with Crippen molar-refractivity contribution in [2.45, 2.75) is 38.7 Å². The van der Waals surface area contributed by atoms with E-state index in [0.717, 1.165) is 11.0 Å². The first-order chi connectivity index (χ1) is 16.2. The summed E-state index contributed by atoms with van der Waals surface area (Å²) in [5.74, 6) is -2.62. The van der Waals surface area contributed by atoms with Gasteiger partial charge in [0.15, 0.2) is 11.0 Å². The quantitative estimate of drug-likeness (QED) is 0.343. The van der Waals surface area contributed by atoms with Crippen LogP contribution in [0.15, 0.2) is 36.4 Å². The van der Waals surface area contributed by atoms with Gasteiger partial charge in [-0.3, -0.25) is 15.6 Å². The Morgan fingerprint density at radius 2 is 1.97 bits per heavy atom. The highest BCUT2D eigenvalue weighted by atomic mass is 32.1. The molecule has 1 fully saturated rings. The molecule has 1 aromatic carbocycles. The van der Waals surface area contributed by atoms with E-state index in [0.29, 0.717) is 27.7 Å². The van der Waals surface area contributed by atoms with Crippen LogP contribution in [0.3, 0.4) is 0 Å². The maximum Gasteiger partial charge on any atom is 0.256 e. The summed E-state index contributed by atoms with van der Waals surface area (Å²) in [5.41, 5.74) is 1.46. The summed E-state index contributed by atoms with van der Waals surface area (Å²) < 4.78 is 27.7. The summed E-state index contributed by atoms with van der Waals surface area (Å²) in [6.07, 6.45) is 0.706. The number of anilines is 2. The van der Waals surface area contributed by atoms with Gasteiger partial charge in [-0.15, -0.1) is 0 Å². The van der Waals surface area contributed by atoms with E-state index in [-0.39, 0.29) is 43.7 Å². The van der Waals surface area contributed by atoms with Crippen LogP contribution in [-0.2, 0) is 0 Å². The molecule has 0 aliphatic carbocycles. The second-order valence-corrected chi connectivity index (χ2v) is 9.37. The Morgan fingerprint density at radius 1 is 1.24 bits per heavy atom. The average molecular weight is 486 g/mol. The third kappa shape index (κ3) is 5.04. The molecule has 3 heterocycles. The third-order valence-electron chi connectivity index (χ3n) is 5.59. The fraction of sp³-hybridized carbons (Fsp3) is 0.348. The number of thiazole rings is 1. The number of rotatable bonds is 6. The summed E-state index contributed by atoms with van der Waals surface area (Å²) >= 11 is 1.38. The van der Waals surface area contributed by atoms with E-state index in [9.17, 15) is 13.6 Å². The standard InChI is InChI=1S/C23H25F2N7OS/c1-14(2)32(13-26)20(27)17-4-3-5-19(28-17)30-21(33)15-6-7-16-18(12-15)34-22(29-16)31-10-8-23(24,25)9-11-31/h3-7,12-14,26-27H,8-11H2,1-2H3,(H,28,30,33). The van der Waals surface area contributed by atoms with E-state index in [1.165, 1.54) is 16.2 Å². The number of carbonyl (C=O) groups excluding carboxylic acids is 1. The molecule has 4 rings (SSSR count). The molecule has 1 amide bonds. The lowest BCUT2D eigenvalue weighted by Crippen LogP contribution is -2.39. The average Bonchev–Trinajstić information content (AvgIpc) is 3.22. The second-order valence-electron chi connectivity index (χ2n) is 8.36. The number of hydrogen-bond acceptors (Lipinski definition) is 7. The predicted octanol–water partition coefficient (Wildman–Crippen LogP) is 4.82. The van der Waals surface area contributed by atoms with E-state index in [2.05, 4.69) is 15.3 Å². The van der Waals surface area contributed by atoms with Crippen molar-refractivity contribution in [2.75, 3.05) is 23.3 Å². The first kappa shape index (κ1) is 23.7. The first-order valence-electron chi connectivity index (χ1n) is 10.9. The molecule has 8 nitrogen and oxygen atoms in total. The number of aromatic nitrogens is 2. The molecule has 0 unspecified atom stereocenters. The molecule has 11 heteroatoms. The minimum atomic E-state index is -2.62. The van der Waals surface area contributed by atoms with Crippen molar-refractivity contribution in [1.82, 2.24) is 14.9 Å². The Kier molecular flexibility index (Phi) is 6.56. The van der Waals surface area contributed by atoms with Gasteiger partial charge in [0.1, 0.15) is 11.5 Å². The topological polar surface area (TPSA) is 109 Å². The van der Waals surface area contributed by atoms with Gasteiger partial charge in [-0.05, 0) is 44.2 Å². The van der Waals surface area contributed by atoms with Crippen LogP contribution in [0.25, 0.3) is 10.2 Å². The monoisotopic (exact) mass is 485 g/mol. The molecular weight excluding hydrogens is 460 g/mol. The largest absolute Gasteiger partial charge is 0.348 e. The van der Waals surface area contributed by atoms with E-state index in [1.54, 1.807) is 36.4 Å². The number of amides is 1. The van der Waals surface area contributed by atoms with Crippen LogP contribution in [-0.4, -0.2) is 58.0 Å². The second kappa shape index (κ2) is 9.41. The molecule has 0 atom stereocenters. The van der Waals surface area contributed by atoms with Crippen LogP contribution in [0.1, 0.15) is 42.7 Å². The number of benzene rings is 1. The Labute approximate surface area is 199 Å². The Morgan fingerprint density at radius 3 is 2.65 bits per heavy atom. The van der Waals surface area contributed by atoms with E-state index >= 15 is 0 Å². The molecule has 178 valence electrons. The number of pyridine rings is 1. The van der Waals surface area contributed by atoms with Gasteiger partial charge >= 0.3 is 0 Å². The van der Waals surface area contributed by atoms with Gasteiger partial charge in [0.25, 0.3) is 11.8 Å². The smallest absolute Gasteiger partial charge is 0.256 e. The van der Waals surface area contributed by atoms with Crippen molar-refractivity contribution in [2.24, 2.45) is 0 Å². The maximum absolute atomic E-state index is 13.5. The van der Waals surface area contributed by atoms with Gasteiger partial charge in [0, 0.05) is 37.5 Å². The number of fused-ring (bicyclic) bond motifs is 1. The molecule has 1 aliphatic rings. The SMILES string of the molecule is CC(C)N(C=N)C(=N)c1cccc(NC(=O)c2ccc3nc(N4CCC(F)(F)CC4)sc3c2)n1. The molecule has 1 saturated heterocycles. The number of hydrogen-bond donors (Lipinski definition) is 3. The van der Waals surface area contributed by atoms with Crippen LogP contribution in [0.5, 0.6) is 0 Å². The highest BCUT2D eigenvalue weighted by Gasteiger charge is 2.34. The summed E-state index contributed by atoms with van der Waals surface area (Å²) in [4.78, 5) is 25.1. The fourth-order valence-corrected chi connectivity index (χ4v) is 4.70. The first-order valence-corrected chi connectivity index (χ1v) is 11.7. The van der Waals surface area contributed by atoms with Crippen LogP contribution < -0.4 is 10.2 Å². The number of carbonyl (C=O) groups is 1. The van der Waals surface area contributed by atoms with Crippen molar-refractivity contribution in [1.29, 1.82) is 10.8 Å². The number of halogens is 2. The van der Waals surface area contributed by atoms with Crippen LogP contribution in [0.2, 0.25) is 0 Å². The van der Waals surface area contributed by atoms with Crippen LogP contribution in [0.4, 0.5) is 19.7 Å². The molecule has 34 heavy (non-hydrogen) atoms. The number of nitrogens with zero attached hydrogens (tertiary/aromatic N) is 4. The molecule has 0 saturated carbocycles. The van der Waals surface area contributed by atoms with Crippen molar-refractivity contribution in [3.8, 4) is 0 Å². The number of piperidine rings is 1.